The molecule has 0 saturated heterocycles. The summed E-state index contributed by atoms with van der Waals surface area (Å²) in [5, 5.41) is 11.5. The van der Waals surface area contributed by atoms with Gasteiger partial charge in [0.15, 0.2) is 6.61 Å². The van der Waals surface area contributed by atoms with Gasteiger partial charge in [-0.1, -0.05) is 26.0 Å². The fourth-order valence-electron chi connectivity index (χ4n) is 1.97. The first-order valence-corrected chi connectivity index (χ1v) is 7.36. The maximum Gasteiger partial charge on any atom is 0.337 e. The molecule has 1 amide bonds. The molecule has 0 fully saturated rings. The van der Waals surface area contributed by atoms with Gasteiger partial charge in [-0.2, -0.15) is 4.73 Å². The van der Waals surface area contributed by atoms with Crippen molar-refractivity contribution in [3.63, 3.8) is 0 Å². The molecule has 1 aromatic heterocycles. The molecule has 2 rings (SSSR count). The number of pyridine rings is 1. The van der Waals surface area contributed by atoms with Crippen LogP contribution in [0.1, 0.15) is 35.7 Å². The van der Waals surface area contributed by atoms with Gasteiger partial charge in [-0.3, -0.25) is 9.59 Å². The number of aromatic nitrogens is 1. The lowest BCUT2D eigenvalue weighted by molar-refractivity contribution is -0.120. The van der Waals surface area contributed by atoms with Crippen molar-refractivity contribution in [1.29, 1.82) is 0 Å². The molecule has 1 heterocycles. The number of aromatic carboxylic acids is 1. The summed E-state index contributed by atoms with van der Waals surface area (Å²) < 4.78 is 0.727. The van der Waals surface area contributed by atoms with Crippen molar-refractivity contribution in [3.05, 3.63) is 64.1 Å². The molecular weight excluding hydrogens is 312 g/mol. The highest BCUT2D eigenvalue weighted by Crippen LogP contribution is 2.16. The molecule has 24 heavy (non-hydrogen) atoms. The summed E-state index contributed by atoms with van der Waals surface area (Å²) in [6.07, 6.45) is 1.02. The van der Waals surface area contributed by atoms with Gasteiger partial charge in [0.2, 0.25) is 0 Å². The van der Waals surface area contributed by atoms with E-state index < -0.39 is 24.0 Å². The molecular formula is C17H18N2O5. The summed E-state index contributed by atoms with van der Waals surface area (Å²) in [6, 6.07) is 9.63. The number of hydrogen-bond acceptors (Lipinski definition) is 4. The SMILES string of the molecule is CC(C)c1ccc(NC(=O)COn2cc(C(=O)O)ccc2=O)cc1. The topological polar surface area (TPSA) is 97.6 Å². The zero-order valence-electron chi connectivity index (χ0n) is 13.4. The van der Waals surface area contributed by atoms with Gasteiger partial charge in [0, 0.05) is 11.8 Å². The Kier molecular flexibility index (Phi) is 5.36. The van der Waals surface area contributed by atoms with Crippen LogP contribution >= 0.6 is 0 Å². The molecule has 0 aliphatic heterocycles. The smallest absolute Gasteiger partial charge is 0.337 e. The number of nitrogens with one attached hydrogen (secondary N) is 1. The Morgan fingerprint density at radius 3 is 2.42 bits per heavy atom. The van der Waals surface area contributed by atoms with Crippen molar-refractivity contribution < 1.29 is 19.5 Å². The molecule has 7 nitrogen and oxygen atoms in total. The van der Waals surface area contributed by atoms with E-state index in [1.54, 1.807) is 12.1 Å². The second-order valence-corrected chi connectivity index (χ2v) is 5.49. The molecule has 0 spiro atoms. The third-order valence-corrected chi connectivity index (χ3v) is 3.32. The minimum absolute atomic E-state index is 0.112. The van der Waals surface area contributed by atoms with Gasteiger partial charge in [0.1, 0.15) is 0 Å². The molecule has 0 unspecified atom stereocenters. The van der Waals surface area contributed by atoms with Crippen LogP contribution in [0, 0.1) is 0 Å². The monoisotopic (exact) mass is 330 g/mol. The Bertz CT molecular complexity index is 793. The summed E-state index contributed by atoms with van der Waals surface area (Å²) in [4.78, 5) is 39.4. The van der Waals surface area contributed by atoms with Gasteiger partial charge in [0.25, 0.3) is 11.5 Å². The average molecular weight is 330 g/mol. The van der Waals surface area contributed by atoms with E-state index in [1.807, 2.05) is 12.1 Å². The molecule has 1 aromatic carbocycles. The highest BCUT2D eigenvalue weighted by molar-refractivity contribution is 5.91. The van der Waals surface area contributed by atoms with Crippen LogP contribution in [0.5, 0.6) is 0 Å². The molecule has 2 aromatic rings. The Morgan fingerprint density at radius 2 is 1.83 bits per heavy atom. The van der Waals surface area contributed by atoms with Gasteiger partial charge in [-0.25, -0.2) is 4.79 Å². The van der Waals surface area contributed by atoms with Gasteiger partial charge >= 0.3 is 5.97 Å². The normalized spacial score (nSPS) is 10.5. The van der Waals surface area contributed by atoms with Crippen LogP contribution in [0.4, 0.5) is 5.69 Å². The minimum Gasteiger partial charge on any atom is -0.478 e. The minimum atomic E-state index is -1.19. The Balaban J connectivity index is 1.97. The lowest BCUT2D eigenvalue weighted by Gasteiger charge is -2.10. The Hall–Kier alpha value is -3.09. The van der Waals surface area contributed by atoms with Gasteiger partial charge < -0.3 is 15.3 Å². The summed E-state index contributed by atoms with van der Waals surface area (Å²) >= 11 is 0. The number of anilines is 1. The van der Waals surface area contributed by atoms with Crippen LogP contribution in [-0.4, -0.2) is 28.3 Å². The molecule has 0 aliphatic carbocycles. The molecule has 126 valence electrons. The number of carboxylic acids is 1. The molecule has 0 aliphatic rings. The van der Waals surface area contributed by atoms with E-state index >= 15 is 0 Å². The fourth-order valence-corrected chi connectivity index (χ4v) is 1.97. The summed E-state index contributed by atoms with van der Waals surface area (Å²) in [6.45, 7) is 3.73. The Morgan fingerprint density at radius 1 is 1.17 bits per heavy atom. The van der Waals surface area contributed by atoms with E-state index in [-0.39, 0.29) is 5.56 Å². The third-order valence-electron chi connectivity index (χ3n) is 3.32. The number of carbonyl (C=O) groups excluding carboxylic acids is 1. The molecule has 2 N–H and O–H groups in total. The lowest BCUT2D eigenvalue weighted by Crippen LogP contribution is -2.32. The van der Waals surface area contributed by atoms with Crippen molar-refractivity contribution in [2.75, 3.05) is 11.9 Å². The van der Waals surface area contributed by atoms with Crippen LogP contribution < -0.4 is 15.7 Å². The van der Waals surface area contributed by atoms with Crippen molar-refractivity contribution in [3.8, 4) is 0 Å². The zero-order valence-corrected chi connectivity index (χ0v) is 13.4. The van der Waals surface area contributed by atoms with E-state index in [4.69, 9.17) is 9.94 Å². The largest absolute Gasteiger partial charge is 0.478 e. The van der Waals surface area contributed by atoms with Crippen LogP contribution in [0.3, 0.4) is 0 Å². The number of amides is 1. The van der Waals surface area contributed by atoms with Crippen molar-refractivity contribution in [1.82, 2.24) is 4.73 Å². The molecule has 0 saturated carbocycles. The number of benzene rings is 1. The Labute approximate surface area is 138 Å². The molecule has 0 radical (unpaired) electrons. The van der Waals surface area contributed by atoms with Crippen LogP contribution in [0.15, 0.2) is 47.4 Å². The van der Waals surface area contributed by atoms with Crippen LogP contribution in [0.25, 0.3) is 0 Å². The summed E-state index contributed by atoms with van der Waals surface area (Å²) in [5.41, 5.74) is 1.09. The first-order valence-electron chi connectivity index (χ1n) is 7.36. The predicted octanol–water partition coefficient (Wildman–Crippen LogP) is 1.74. The van der Waals surface area contributed by atoms with E-state index in [0.29, 0.717) is 11.6 Å². The van der Waals surface area contributed by atoms with E-state index in [1.165, 1.54) is 6.07 Å². The summed E-state index contributed by atoms with van der Waals surface area (Å²) in [7, 11) is 0. The fraction of sp³-hybridized carbons (Fsp3) is 0.235. The molecule has 0 bridgehead atoms. The maximum atomic E-state index is 11.9. The number of carbonyl (C=O) groups is 2. The molecule has 7 heteroatoms. The third kappa shape index (κ3) is 4.45. The maximum absolute atomic E-state index is 11.9. The van der Waals surface area contributed by atoms with Gasteiger partial charge in [-0.15, -0.1) is 0 Å². The van der Waals surface area contributed by atoms with E-state index in [0.717, 1.165) is 22.6 Å². The van der Waals surface area contributed by atoms with E-state index in [2.05, 4.69) is 19.2 Å². The van der Waals surface area contributed by atoms with Gasteiger partial charge in [0.05, 0.1) is 11.8 Å². The summed E-state index contributed by atoms with van der Waals surface area (Å²) in [5.74, 6) is -1.26. The number of rotatable bonds is 6. The molecule has 0 atom stereocenters. The van der Waals surface area contributed by atoms with Gasteiger partial charge in [-0.05, 0) is 29.7 Å². The highest BCUT2D eigenvalue weighted by atomic mass is 16.7. The first-order chi connectivity index (χ1) is 11.4. The number of carboxylic acid groups (broad SMARTS) is 1. The first kappa shape index (κ1) is 17.3. The zero-order chi connectivity index (χ0) is 17.7. The van der Waals surface area contributed by atoms with Crippen molar-refractivity contribution in [2.24, 2.45) is 0 Å². The van der Waals surface area contributed by atoms with Crippen LogP contribution in [-0.2, 0) is 4.79 Å². The number of nitrogens with zero attached hydrogens (tertiary/aromatic N) is 1. The second-order valence-electron chi connectivity index (χ2n) is 5.49. The predicted molar refractivity (Wildman–Crippen MR) is 88.3 cm³/mol. The highest BCUT2D eigenvalue weighted by Gasteiger charge is 2.08. The van der Waals surface area contributed by atoms with Crippen molar-refractivity contribution in [2.45, 2.75) is 19.8 Å². The van der Waals surface area contributed by atoms with E-state index in [9.17, 15) is 14.4 Å². The lowest BCUT2D eigenvalue weighted by atomic mass is 10.0. The van der Waals surface area contributed by atoms with Crippen LogP contribution in [0.2, 0.25) is 0 Å². The quantitative estimate of drug-likeness (QED) is 0.841. The average Bonchev–Trinajstić information content (AvgIpc) is 2.54. The number of hydrogen-bond donors (Lipinski definition) is 2. The standard InChI is InChI=1S/C17H18N2O5/c1-11(2)12-3-6-14(7-4-12)18-15(20)10-24-19-9-13(17(22)23)5-8-16(19)21/h3-9,11H,10H2,1-2H3,(H,18,20)(H,22,23). The van der Waals surface area contributed by atoms with Crippen molar-refractivity contribution >= 4 is 17.6 Å². The second kappa shape index (κ2) is 7.45.